The van der Waals surface area contributed by atoms with E-state index >= 15 is 0 Å². The zero-order chi connectivity index (χ0) is 58.5. The molecule has 0 saturated carbocycles. The quantitative estimate of drug-likeness (QED) is 0.0261. The summed E-state index contributed by atoms with van der Waals surface area (Å²) in [5, 5.41) is 0. The first-order chi connectivity index (χ1) is 40.0. The number of ether oxygens (including phenoxy) is 3. The van der Waals surface area contributed by atoms with E-state index in [2.05, 4.69) is 106 Å². The highest BCUT2D eigenvalue weighted by Crippen LogP contribution is 2.17. The van der Waals surface area contributed by atoms with Gasteiger partial charge in [0.15, 0.2) is 6.10 Å². The summed E-state index contributed by atoms with van der Waals surface area (Å²) in [6.45, 7) is 6.52. The van der Waals surface area contributed by atoms with Crippen LogP contribution in [0.3, 0.4) is 0 Å². The lowest BCUT2D eigenvalue weighted by Gasteiger charge is -2.18. The van der Waals surface area contributed by atoms with Gasteiger partial charge in [0, 0.05) is 19.3 Å². The lowest BCUT2D eigenvalue weighted by Crippen LogP contribution is -2.30. The first-order valence-electron chi connectivity index (χ1n) is 35.1. The van der Waals surface area contributed by atoms with Crippen LogP contribution in [0.1, 0.15) is 355 Å². The summed E-state index contributed by atoms with van der Waals surface area (Å²) in [6.07, 6.45) is 91.9. The van der Waals surface area contributed by atoms with Crippen molar-refractivity contribution in [1.29, 1.82) is 0 Å². The number of allylic oxidation sites excluding steroid dienone is 14. The molecule has 6 nitrogen and oxygen atoms in total. The van der Waals surface area contributed by atoms with Gasteiger partial charge in [-0.2, -0.15) is 0 Å². The van der Waals surface area contributed by atoms with E-state index in [0.717, 1.165) is 116 Å². The molecule has 0 aliphatic heterocycles. The van der Waals surface area contributed by atoms with Gasteiger partial charge in [0.25, 0.3) is 0 Å². The van der Waals surface area contributed by atoms with Crippen LogP contribution >= 0.6 is 0 Å². The Bertz CT molecular complexity index is 1530. The maximum atomic E-state index is 12.9. The van der Waals surface area contributed by atoms with Gasteiger partial charge in [-0.25, -0.2) is 0 Å². The summed E-state index contributed by atoms with van der Waals surface area (Å²) in [4.78, 5) is 38.4. The summed E-state index contributed by atoms with van der Waals surface area (Å²) in [6, 6.07) is 0. The SMILES string of the molecule is CC/C=C\C/C=C\C/C=C\C/C=C\CCCCCCCCCCCCCCCCCCCCCCC(=O)OCC(COC(=O)CCCCCCC/C=C\CCCCCCCC)OC(=O)CCCCCCC/C=C\C/C=C\CCCCC. The van der Waals surface area contributed by atoms with Gasteiger partial charge in [-0.3, -0.25) is 14.4 Å². The zero-order valence-electron chi connectivity index (χ0n) is 53.8. The molecule has 0 amide bonds. The molecular formula is C75H132O6. The molecule has 1 unspecified atom stereocenters. The van der Waals surface area contributed by atoms with Crippen molar-refractivity contribution in [3.63, 3.8) is 0 Å². The summed E-state index contributed by atoms with van der Waals surface area (Å²) in [5.41, 5.74) is 0. The summed E-state index contributed by atoms with van der Waals surface area (Å²) >= 11 is 0. The predicted molar refractivity (Wildman–Crippen MR) is 353 cm³/mol. The van der Waals surface area contributed by atoms with Gasteiger partial charge in [0.2, 0.25) is 0 Å². The van der Waals surface area contributed by atoms with Crippen LogP contribution in [0, 0.1) is 0 Å². The molecule has 0 radical (unpaired) electrons. The molecule has 1 atom stereocenters. The third-order valence-corrected chi connectivity index (χ3v) is 15.4. The zero-order valence-corrected chi connectivity index (χ0v) is 53.8. The molecule has 0 N–H and O–H groups in total. The Morgan fingerprint density at radius 3 is 0.790 bits per heavy atom. The van der Waals surface area contributed by atoms with Gasteiger partial charge in [-0.15, -0.1) is 0 Å². The van der Waals surface area contributed by atoms with Crippen molar-refractivity contribution in [2.75, 3.05) is 13.2 Å². The maximum absolute atomic E-state index is 12.9. The fourth-order valence-corrected chi connectivity index (χ4v) is 10.1. The number of carbonyl (C=O) groups excluding carboxylic acids is 3. The Morgan fingerprint density at radius 1 is 0.259 bits per heavy atom. The van der Waals surface area contributed by atoms with Crippen molar-refractivity contribution in [1.82, 2.24) is 0 Å². The van der Waals surface area contributed by atoms with Gasteiger partial charge < -0.3 is 14.2 Å². The van der Waals surface area contributed by atoms with E-state index in [-0.39, 0.29) is 31.1 Å². The van der Waals surface area contributed by atoms with E-state index in [4.69, 9.17) is 14.2 Å². The van der Waals surface area contributed by atoms with Gasteiger partial charge in [0.05, 0.1) is 0 Å². The van der Waals surface area contributed by atoms with Crippen LogP contribution in [-0.2, 0) is 28.6 Å². The Morgan fingerprint density at radius 2 is 0.481 bits per heavy atom. The number of hydrogen-bond acceptors (Lipinski definition) is 6. The fraction of sp³-hybridized carbons (Fsp3) is 0.773. The second-order valence-corrected chi connectivity index (χ2v) is 23.4. The maximum Gasteiger partial charge on any atom is 0.306 e. The summed E-state index contributed by atoms with van der Waals surface area (Å²) < 4.78 is 16.9. The van der Waals surface area contributed by atoms with Crippen molar-refractivity contribution in [2.24, 2.45) is 0 Å². The molecule has 0 aromatic carbocycles. The van der Waals surface area contributed by atoms with Crippen LogP contribution in [0.15, 0.2) is 85.1 Å². The predicted octanol–water partition coefficient (Wildman–Crippen LogP) is 24.2. The van der Waals surface area contributed by atoms with E-state index in [9.17, 15) is 14.4 Å². The normalized spacial score (nSPS) is 12.6. The Balaban J connectivity index is 4.16. The standard InChI is InChI=1S/C75H132O6/c1-4-7-10-13-16-19-22-25-28-29-30-31-32-33-34-35-36-37-38-39-40-41-42-43-44-45-48-50-53-56-59-62-65-68-74(77)80-71-72(81-75(78)69-66-63-60-57-54-51-47-27-24-21-18-15-12-9-6-3)70-79-73(76)67-64-61-58-55-52-49-46-26-23-20-17-14-11-8-5-2/h7,10,16,18-19,21,25-28,30-31,46-47,72H,4-6,8-9,11-15,17,20,22-24,29,32-45,48-71H2,1-3H3/b10-7-,19-16-,21-18-,28-25-,31-30-,46-26-,47-27-. The second-order valence-electron chi connectivity index (χ2n) is 23.4. The molecule has 0 fully saturated rings. The molecule has 0 aliphatic rings. The van der Waals surface area contributed by atoms with E-state index in [1.165, 1.54) is 199 Å². The van der Waals surface area contributed by atoms with Crippen molar-refractivity contribution in [3.05, 3.63) is 85.1 Å². The van der Waals surface area contributed by atoms with Crippen molar-refractivity contribution < 1.29 is 28.6 Å². The summed E-state index contributed by atoms with van der Waals surface area (Å²) in [7, 11) is 0. The molecule has 0 rings (SSSR count). The average Bonchev–Trinajstić information content (AvgIpc) is 3.47. The second kappa shape index (κ2) is 69.1. The van der Waals surface area contributed by atoms with Gasteiger partial charge in [0.1, 0.15) is 13.2 Å². The van der Waals surface area contributed by atoms with E-state index in [0.29, 0.717) is 19.3 Å². The van der Waals surface area contributed by atoms with E-state index in [1.807, 2.05) is 0 Å². The molecule has 0 aromatic heterocycles. The first-order valence-corrected chi connectivity index (χ1v) is 35.1. The molecule has 0 saturated heterocycles. The van der Waals surface area contributed by atoms with Crippen molar-refractivity contribution >= 4 is 17.9 Å². The minimum Gasteiger partial charge on any atom is -0.462 e. The number of carbonyl (C=O) groups is 3. The average molecular weight is 1130 g/mol. The minimum absolute atomic E-state index is 0.0806. The molecule has 0 aliphatic carbocycles. The van der Waals surface area contributed by atoms with E-state index < -0.39 is 6.10 Å². The van der Waals surface area contributed by atoms with Crippen LogP contribution in [0.5, 0.6) is 0 Å². The van der Waals surface area contributed by atoms with Crippen LogP contribution in [0.2, 0.25) is 0 Å². The van der Waals surface area contributed by atoms with Gasteiger partial charge in [-0.05, 0) is 116 Å². The van der Waals surface area contributed by atoms with Crippen molar-refractivity contribution in [2.45, 2.75) is 361 Å². The molecule has 6 heteroatoms. The molecule has 0 spiro atoms. The molecule has 0 aromatic rings. The van der Waals surface area contributed by atoms with Gasteiger partial charge >= 0.3 is 17.9 Å². The largest absolute Gasteiger partial charge is 0.462 e. The highest BCUT2D eigenvalue weighted by atomic mass is 16.6. The molecule has 468 valence electrons. The lowest BCUT2D eigenvalue weighted by molar-refractivity contribution is -0.167. The van der Waals surface area contributed by atoms with E-state index in [1.54, 1.807) is 0 Å². The Hall–Kier alpha value is -3.41. The molecule has 0 heterocycles. The van der Waals surface area contributed by atoms with Crippen LogP contribution in [0.25, 0.3) is 0 Å². The Kier molecular flexibility index (Phi) is 66.2. The Labute approximate surface area is 503 Å². The number of unbranched alkanes of at least 4 members (excludes halogenated alkanes) is 39. The topological polar surface area (TPSA) is 78.9 Å². The summed E-state index contributed by atoms with van der Waals surface area (Å²) in [5.74, 6) is -0.885. The van der Waals surface area contributed by atoms with Crippen LogP contribution in [0.4, 0.5) is 0 Å². The monoisotopic (exact) mass is 1130 g/mol. The fourth-order valence-electron chi connectivity index (χ4n) is 10.1. The third kappa shape index (κ3) is 67.3. The minimum atomic E-state index is -0.786. The molecule has 0 bridgehead atoms. The third-order valence-electron chi connectivity index (χ3n) is 15.4. The highest BCUT2D eigenvalue weighted by molar-refractivity contribution is 5.71. The van der Waals surface area contributed by atoms with Crippen LogP contribution in [-0.4, -0.2) is 37.2 Å². The number of rotatable bonds is 64. The van der Waals surface area contributed by atoms with Crippen molar-refractivity contribution in [3.8, 4) is 0 Å². The van der Waals surface area contributed by atoms with Gasteiger partial charge in [-0.1, -0.05) is 305 Å². The molecule has 81 heavy (non-hydrogen) atoms. The highest BCUT2D eigenvalue weighted by Gasteiger charge is 2.19. The lowest BCUT2D eigenvalue weighted by atomic mass is 10.0. The smallest absolute Gasteiger partial charge is 0.306 e. The number of hydrogen-bond donors (Lipinski definition) is 0. The molecular weight excluding hydrogens is 997 g/mol. The first kappa shape index (κ1) is 77.6. The number of esters is 3. The van der Waals surface area contributed by atoms with Crippen LogP contribution < -0.4 is 0 Å².